The van der Waals surface area contributed by atoms with Crippen LogP contribution in [-0.2, 0) is 76.1 Å². The molecule has 32 heteroatoms. The van der Waals surface area contributed by atoms with Gasteiger partial charge >= 0.3 is 6.09 Å². The van der Waals surface area contributed by atoms with E-state index < -0.39 is 141 Å². The standard InChI is InChI=1S/C93H176N6O26/c1-6-8-10-12-14-16-18-20-22-24-26-28-30-32-34-41-57-117-69-74(118-58-42-35-33-31-29-27-25-23-21-19-17-15-13-11-9-7-2)70-122-93(114)97-54-63-116-65-64-115-62-50-82(106)98-75(46-36-40-51-94-79(103)47-37-43-59-119-90-71(3)83(107)86(110)76(66-100)123-90)89(113)99(55-52-95-80(104)48-38-44-60-120-91-72(4)84(108)87(111)77(67-101)124-91)56-53-96-81(105)49-39-45-61-121-92-73(5)85(109)88(112)78(68-102)125-92/h71-78,83-88,90-92,100-102,107-112H,6-70H2,1-5H3,(H,94,103)(H,95,104)(H,96,105)(H,97,114)(H,98,106). The molecule has 3 rings (SSSR count). The Bertz CT molecular complexity index is 2570. The minimum atomic E-state index is -1.27. The van der Waals surface area contributed by atoms with E-state index in [1.165, 1.54) is 185 Å². The van der Waals surface area contributed by atoms with Crippen LogP contribution in [0, 0.1) is 17.8 Å². The Morgan fingerprint density at radius 1 is 0.336 bits per heavy atom. The van der Waals surface area contributed by atoms with Crippen molar-refractivity contribution in [2.45, 2.75) is 410 Å². The third-order valence-corrected chi connectivity index (χ3v) is 24.0. The molecule has 17 atom stereocenters. The van der Waals surface area contributed by atoms with E-state index >= 15 is 0 Å². The highest BCUT2D eigenvalue weighted by atomic mass is 16.7. The molecule has 0 aromatic carbocycles. The van der Waals surface area contributed by atoms with Crippen molar-refractivity contribution in [3.63, 3.8) is 0 Å². The molecule has 3 saturated heterocycles. The summed E-state index contributed by atoms with van der Waals surface area (Å²) in [4.78, 5) is 82.5. The molecule has 3 fully saturated rings. The molecular weight excluding hydrogens is 1620 g/mol. The van der Waals surface area contributed by atoms with Gasteiger partial charge in [0.15, 0.2) is 18.9 Å². The lowest BCUT2D eigenvalue weighted by molar-refractivity contribution is -0.282. The molecule has 17 unspecified atom stereocenters. The number of aliphatic hydroxyl groups excluding tert-OH is 9. The van der Waals surface area contributed by atoms with Gasteiger partial charge in [-0.15, -0.1) is 0 Å². The van der Waals surface area contributed by atoms with E-state index in [1.54, 1.807) is 20.8 Å². The summed E-state index contributed by atoms with van der Waals surface area (Å²) < 4.78 is 63.9. The summed E-state index contributed by atoms with van der Waals surface area (Å²) in [5.41, 5.74) is 0. The minimum absolute atomic E-state index is 0.00835. The first-order chi connectivity index (χ1) is 60.7. The highest BCUT2D eigenvalue weighted by Crippen LogP contribution is 2.30. The minimum Gasteiger partial charge on any atom is -0.447 e. The average molecular weight is 1790 g/mol. The Morgan fingerprint density at radius 3 is 1.07 bits per heavy atom. The van der Waals surface area contributed by atoms with Crippen molar-refractivity contribution < 1.29 is 127 Å². The largest absolute Gasteiger partial charge is 0.447 e. The monoisotopic (exact) mass is 1790 g/mol. The molecule has 0 saturated carbocycles. The van der Waals surface area contributed by atoms with Crippen LogP contribution in [0.25, 0.3) is 0 Å². The maximum Gasteiger partial charge on any atom is 0.407 e. The molecule has 6 amide bonds. The van der Waals surface area contributed by atoms with Crippen molar-refractivity contribution in [3.8, 4) is 0 Å². The number of aliphatic hydroxyl groups is 9. The molecule has 3 aliphatic rings. The van der Waals surface area contributed by atoms with Crippen LogP contribution in [0.3, 0.4) is 0 Å². The third kappa shape index (κ3) is 55.1. The van der Waals surface area contributed by atoms with Crippen LogP contribution in [0.4, 0.5) is 4.79 Å². The number of unbranched alkanes of at least 4 members (excludes halogenated alkanes) is 34. The molecule has 32 nitrogen and oxygen atoms in total. The summed E-state index contributed by atoms with van der Waals surface area (Å²) in [5.74, 6) is -3.54. The smallest absolute Gasteiger partial charge is 0.407 e. The SMILES string of the molecule is CCCCCCCCCCCCCCCCCCOCC(COC(=O)NCCOCCOCCC(=O)NC(CCCCNC(=O)CCCCOC1OC(CO)C(O)C(O)C1C)C(=O)N(CCNC(=O)CCCCOC1OC(CO)C(O)C(O)C1C)CCNC(=O)CCCCOC1OC(CO)C(O)C(O)C1C)OCCCCCCCCCCCCCCCCCC. The van der Waals surface area contributed by atoms with Gasteiger partial charge in [-0.2, -0.15) is 0 Å². The number of hydrogen-bond donors (Lipinski definition) is 14. The summed E-state index contributed by atoms with van der Waals surface area (Å²) >= 11 is 0. The van der Waals surface area contributed by atoms with Gasteiger partial charge in [0.2, 0.25) is 29.5 Å². The highest BCUT2D eigenvalue weighted by Gasteiger charge is 2.45. The van der Waals surface area contributed by atoms with Crippen LogP contribution < -0.4 is 26.6 Å². The average Bonchev–Trinajstić information content (AvgIpc) is 0.830. The molecule has 0 radical (unpaired) electrons. The number of rotatable bonds is 82. The summed E-state index contributed by atoms with van der Waals surface area (Å²) in [6.07, 6.45) is 31.3. The lowest BCUT2D eigenvalue weighted by Crippen LogP contribution is -2.55. The van der Waals surface area contributed by atoms with Gasteiger partial charge in [-0.1, -0.05) is 227 Å². The first kappa shape index (κ1) is 115. The second kappa shape index (κ2) is 76.4. The molecule has 14 N–H and O–H groups in total. The van der Waals surface area contributed by atoms with Crippen LogP contribution in [0.2, 0.25) is 0 Å². The number of hydrogen-bond acceptors (Lipinski definition) is 26. The number of nitrogens with zero attached hydrogens (tertiary/aromatic N) is 1. The zero-order chi connectivity index (χ0) is 91.1. The molecule has 3 heterocycles. The van der Waals surface area contributed by atoms with Gasteiger partial charge in [-0.25, -0.2) is 4.79 Å². The second-order valence-electron chi connectivity index (χ2n) is 34.8. The van der Waals surface area contributed by atoms with Crippen molar-refractivity contribution >= 4 is 35.6 Å². The van der Waals surface area contributed by atoms with E-state index in [1.807, 2.05) is 0 Å². The highest BCUT2D eigenvalue weighted by molar-refractivity contribution is 5.88. The summed E-state index contributed by atoms with van der Waals surface area (Å²) in [6, 6.07) is -1.08. The first-order valence-corrected chi connectivity index (χ1v) is 49.1. The van der Waals surface area contributed by atoms with Crippen molar-refractivity contribution in [1.82, 2.24) is 31.5 Å². The number of carbonyl (C=O) groups is 6. The second-order valence-corrected chi connectivity index (χ2v) is 34.8. The zero-order valence-electron chi connectivity index (χ0n) is 77.7. The van der Waals surface area contributed by atoms with Gasteiger partial charge in [0, 0.05) is 116 Å². The summed E-state index contributed by atoms with van der Waals surface area (Å²) in [6.45, 7) is 11.0. The van der Waals surface area contributed by atoms with Crippen LogP contribution in [0.1, 0.15) is 324 Å². The van der Waals surface area contributed by atoms with E-state index in [4.69, 9.17) is 52.1 Å². The zero-order valence-corrected chi connectivity index (χ0v) is 77.7. The summed E-state index contributed by atoms with van der Waals surface area (Å²) in [5, 5.41) is 105. The Labute approximate surface area is 749 Å². The first-order valence-electron chi connectivity index (χ1n) is 49.1. The molecule has 0 bridgehead atoms. The van der Waals surface area contributed by atoms with Crippen LogP contribution >= 0.6 is 0 Å². The van der Waals surface area contributed by atoms with Crippen molar-refractivity contribution in [1.29, 1.82) is 0 Å². The molecule has 0 spiro atoms. The van der Waals surface area contributed by atoms with Gasteiger partial charge in [0.25, 0.3) is 0 Å². The quantitative estimate of drug-likeness (QED) is 0.0252. The van der Waals surface area contributed by atoms with Crippen molar-refractivity contribution in [2.24, 2.45) is 17.8 Å². The topological polar surface area (TPSA) is 449 Å². The van der Waals surface area contributed by atoms with Gasteiger partial charge in [0.1, 0.15) is 55.4 Å². The molecule has 734 valence electrons. The third-order valence-electron chi connectivity index (χ3n) is 24.0. The van der Waals surface area contributed by atoms with Gasteiger partial charge in [-0.05, 0) is 70.6 Å². The fraction of sp³-hybridized carbons (Fsp3) is 0.935. The van der Waals surface area contributed by atoms with Gasteiger partial charge in [0.05, 0.1) is 71.2 Å². The summed E-state index contributed by atoms with van der Waals surface area (Å²) in [7, 11) is 0. The molecule has 0 aromatic rings. The van der Waals surface area contributed by atoms with Gasteiger partial charge < -0.3 is 130 Å². The number of ether oxygens (including phenoxy) is 11. The van der Waals surface area contributed by atoms with E-state index in [0.717, 1.165) is 25.7 Å². The number of amides is 6. The Morgan fingerprint density at radius 2 is 0.688 bits per heavy atom. The van der Waals surface area contributed by atoms with E-state index in [9.17, 15) is 74.7 Å². The predicted octanol–water partition coefficient (Wildman–Crippen LogP) is 9.68. The fourth-order valence-electron chi connectivity index (χ4n) is 15.6. The molecule has 3 aliphatic heterocycles. The van der Waals surface area contributed by atoms with Crippen molar-refractivity contribution in [3.05, 3.63) is 0 Å². The molecule has 125 heavy (non-hydrogen) atoms. The lowest BCUT2D eigenvalue weighted by atomic mass is 9.92. The van der Waals surface area contributed by atoms with Crippen LogP contribution in [-0.4, -0.2) is 304 Å². The molecule has 0 aliphatic carbocycles. The Hall–Kier alpha value is -4.14. The van der Waals surface area contributed by atoms with E-state index in [2.05, 4.69) is 40.4 Å². The fourth-order valence-corrected chi connectivity index (χ4v) is 15.6. The maximum absolute atomic E-state index is 14.8. The number of carbonyl (C=O) groups excluding carboxylic acids is 6. The van der Waals surface area contributed by atoms with Crippen LogP contribution in [0.15, 0.2) is 0 Å². The Balaban J connectivity index is 1.55. The predicted molar refractivity (Wildman–Crippen MR) is 477 cm³/mol. The molecular formula is C93H176N6O26. The number of nitrogens with one attached hydrogen (secondary N) is 5. The molecule has 0 aromatic heterocycles. The van der Waals surface area contributed by atoms with Crippen molar-refractivity contribution in [2.75, 3.05) is 132 Å². The normalized spacial score (nSPS) is 23.1. The lowest BCUT2D eigenvalue weighted by Gasteiger charge is -2.40. The number of alkyl carbamates (subject to hydrolysis) is 1. The maximum atomic E-state index is 14.8. The van der Waals surface area contributed by atoms with E-state index in [0.29, 0.717) is 71.2 Å². The van der Waals surface area contributed by atoms with Crippen LogP contribution in [0.5, 0.6) is 0 Å². The van der Waals surface area contributed by atoms with E-state index in [-0.39, 0.29) is 142 Å². The Kier molecular flexibility index (Phi) is 70.3. The van der Waals surface area contributed by atoms with Gasteiger partial charge in [-0.3, -0.25) is 24.0 Å².